The summed E-state index contributed by atoms with van der Waals surface area (Å²) in [7, 11) is 0. The van der Waals surface area contributed by atoms with E-state index in [0.717, 1.165) is 25.7 Å². The van der Waals surface area contributed by atoms with Crippen molar-refractivity contribution in [3.05, 3.63) is 0 Å². The van der Waals surface area contributed by atoms with Crippen molar-refractivity contribution in [3.63, 3.8) is 0 Å². The predicted octanol–water partition coefficient (Wildman–Crippen LogP) is 2.11. The van der Waals surface area contributed by atoms with Crippen molar-refractivity contribution in [1.82, 2.24) is 5.32 Å². The zero-order valence-electron chi connectivity index (χ0n) is 11.5. The minimum atomic E-state index is -1.38. The Hall–Kier alpha value is -1.10. The van der Waals surface area contributed by atoms with E-state index in [9.17, 15) is 9.59 Å². The van der Waals surface area contributed by atoms with Crippen LogP contribution in [0.3, 0.4) is 0 Å². The molecule has 0 saturated carbocycles. The highest BCUT2D eigenvalue weighted by atomic mass is 16.4. The van der Waals surface area contributed by atoms with E-state index in [4.69, 9.17) is 10.2 Å². The van der Waals surface area contributed by atoms with Gasteiger partial charge in [0.25, 0.3) is 0 Å². The molecular formula is C13H25NO4. The van der Waals surface area contributed by atoms with Gasteiger partial charge in [-0.05, 0) is 25.8 Å². The topological polar surface area (TPSA) is 86.6 Å². The third kappa shape index (κ3) is 6.00. The lowest BCUT2D eigenvalue weighted by atomic mass is 9.94. The summed E-state index contributed by atoms with van der Waals surface area (Å²) in [5, 5.41) is 20.8. The molecule has 106 valence electrons. The van der Waals surface area contributed by atoms with Crippen LogP contribution in [0.4, 0.5) is 0 Å². The summed E-state index contributed by atoms with van der Waals surface area (Å²) in [6.45, 7) is 6.16. The van der Waals surface area contributed by atoms with E-state index in [1.165, 1.54) is 6.92 Å². The highest BCUT2D eigenvalue weighted by Crippen LogP contribution is 2.15. The average Bonchev–Trinajstić information content (AvgIpc) is 2.28. The number of carboxylic acid groups (broad SMARTS) is 2. The predicted molar refractivity (Wildman–Crippen MR) is 69.6 cm³/mol. The highest BCUT2D eigenvalue weighted by molar-refractivity contribution is 5.84. The van der Waals surface area contributed by atoms with Crippen LogP contribution in [0.2, 0.25) is 0 Å². The van der Waals surface area contributed by atoms with Crippen LogP contribution in [0.25, 0.3) is 0 Å². The molecule has 0 fully saturated rings. The van der Waals surface area contributed by atoms with Gasteiger partial charge in [-0.2, -0.15) is 0 Å². The van der Waals surface area contributed by atoms with Crippen molar-refractivity contribution in [2.24, 2.45) is 5.92 Å². The summed E-state index contributed by atoms with van der Waals surface area (Å²) in [5.41, 5.74) is -1.38. The summed E-state index contributed by atoms with van der Waals surface area (Å²) in [4.78, 5) is 21.8. The first-order chi connectivity index (χ1) is 8.35. The summed E-state index contributed by atoms with van der Waals surface area (Å²) in [6.07, 6.45) is 3.83. The van der Waals surface area contributed by atoms with Crippen LogP contribution in [0.5, 0.6) is 0 Å². The Labute approximate surface area is 109 Å². The van der Waals surface area contributed by atoms with Gasteiger partial charge in [0.15, 0.2) is 0 Å². The van der Waals surface area contributed by atoms with Crippen molar-refractivity contribution in [3.8, 4) is 0 Å². The van der Waals surface area contributed by atoms with Crippen molar-refractivity contribution >= 4 is 11.9 Å². The normalized spacial score (nSPS) is 15.9. The molecule has 0 radical (unpaired) electrons. The zero-order valence-corrected chi connectivity index (χ0v) is 11.5. The maximum atomic E-state index is 11.1. The Kier molecular flexibility index (Phi) is 7.59. The number of nitrogens with one attached hydrogen (secondary N) is 1. The van der Waals surface area contributed by atoms with Crippen LogP contribution in [-0.4, -0.2) is 34.2 Å². The molecule has 0 amide bonds. The van der Waals surface area contributed by atoms with E-state index in [-0.39, 0.29) is 0 Å². The molecule has 5 nitrogen and oxygen atoms in total. The van der Waals surface area contributed by atoms with Crippen molar-refractivity contribution in [2.45, 2.75) is 58.4 Å². The van der Waals surface area contributed by atoms with Crippen LogP contribution < -0.4 is 5.32 Å². The summed E-state index contributed by atoms with van der Waals surface area (Å²) >= 11 is 0. The quantitative estimate of drug-likeness (QED) is 0.559. The van der Waals surface area contributed by atoms with Gasteiger partial charge < -0.3 is 15.5 Å². The summed E-state index contributed by atoms with van der Waals surface area (Å²) < 4.78 is 0. The first kappa shape index (κ1) is 16.9. The van der Waals surface area contributed by atoms with E-state index in [1.807, 2.05) is 0 Å². The maximum Gasteiger partial charge on any atom is 0.324 e. The Balaban J connectivity index is 4.41. The zero-order chi connectivity index (χ0) is 14.2. The van der Waals surface area contributed by atoms with E-state index >= 15 is 0 Å². The van der Waals surface area contributed by atoms with Crippen LogP contribution >= 0.6 is 0 Å². The monoisotopic (exact) mass is 259 g/mol. The number of unbranched alkanes of at least 4 members (excludes halogenated alkanes) is 1. The molecule has 0 aliphatic rings. The second kappa shape index (κ2) is 8.08. The first-order valence-corrected chi connectivity index (χ1v) is 6.56. The van der Waals surface area contributed by atoms with Gasteiger partial charge in [-0.3, -0.25) is 9.59 Å². The van der Waals surface area contributed by atoms with E-state index in [1.54, 1.807) is 0 Å². The SMILES string of the molecule is CCCCC(CC)CNC(C)(CC(=O)O)C(=O)O. The van der Waals surface area contributed by atoms with Gasteiger partial charge in [-0.1, -0.05) is 33.1 Å². The van der Waals surface area contributed by atoms with Crippen LogP contribution in [0.15, 0.2) is 0 Å². The Morgan fingerprint density at radius 3 is 2.28 bits per heavy atom. The Morgan fingerprint density at radius 2 is 1.89 bits per heavy atom. The molecule has 0 rings (SSSR count). The molecule has 2 atom stereocenters. The fourth-order valence-electron chi connectivity index (χ4n) is 1.83. The fraction of sp³-hybridized carbons (Fsp3) is 0.846. The molecule has 0 spiro atoms. The van der Waals surface area contributed by atoms with Gasteiger partial charge in [-0.15, -0.1) is 0 Å². The molecule has 0 aromatic rings. The first-order valence-electron chi connectivity index (χ1n) is 6.56. The molecular weight excluding hydrogens is 234 g/mol. The second-order valence-corrected chi connectivity index (χ2v) is 5.01. The lowest BCUT2D eigenvalue weighted by Gasteiger charge is -2.27. The average molecular weight is 259 g/mol. The second-order valence-electron chi connectivity index (χ2n) is 5.01. The molecule has 18 heavy (non-hydrogen) atoms. The highest BCUT2D eigenvalue weighted by Gasteiger charge is 2.35. The molecule has 0 saturated heterocycles. The number of aliphatic carboxylic acids is 2. The smallest absolute Gasteiger partial charge is 0.324 e. The van der Waals surface area contributed by atoms with Gasteiger partial charge in [0.05, 0.1) is 6.42 Å². The van der Waals surface area contributed by atoms with Gasteiger partial charge in [0.1, 0.15) is 5.54 Å². The molecule has 3 N–H and O–H groups in total. The van der Waals surface area contributed by atoms with Gasteiger partial charge in [0.2, 0.25) is 0 Å². The van der Waals surface area contributed by atoms with Crippen molar-refractivity contribution < 1.29 is 19.8 Å². The number of rotatable bonds is 10. The fourth-order valence-corrected chi connectivity index (χ4v) is 1.83. The van der Waals surface area contributed by atoms with Crippen molar-refractivity contribution in [2.75, 3.05) is 6.54 Å². The van der Waals surface area contributed by atoms with Gasteiger partial charge in [0, 0.05) is 0 Å². The molecule has 5 heteroatoms. The third-order valence-electron chi connectivity index (χ3n) is 3.30. The van der Waals surface area contributed by atoms with Crippen LogP contribution in [0, 0.1) is 5.92 Å². The lowest BCUT2D eigenvalue weighted by molar-refractivity contribution is -0.150. The van der Waals surface area contributed by atoms with Crippen LogP contribution in [0.1, 0.15) is 52.9 Å². The molecule has 2 unspecified atom stereocenters. The molecule has 0 aromatic heterocycles. The number of carbonyl (C=O) groups is 2. The molecule has 0 aromatic carbocycles. The lowest BCUT2D eigenvalue weighted by Crippen LogP contribution is -2.52. The van der Waals surface area contributed by atoms with E-state index in [2.05, 4.69) is 19.2 Å². The third-order valence-corrected chi connectivity index (χ3v) is 3.30. The molecule has 0 aliphatic carbocycles. The van der Waals surface area contributed by atoms with Gasteiger partial charge in [-0.25, -0.2) is 0 Å². The minimum Gasteiger partial charge on any atom is -0.481 e. The molecule has 0 aliphatic heterocycles. The van der Waals surface area contributed by atoms with E-state index < -0.39 is 23.9 Å². The Morgan fingerprint density at radius 1 is 1.28 bits per heavy atom. The molecule has 0 bridgehead atoms. The number of hydrogen-bond acceptors (Lipinski definition) is 3. The van der Waals surface area contributed by atoms with E-state index in [0.29, 0.717) is 12.5 Å². The standard InChI is InChI=1S/C13H25NO4/c1-4-6-7-10(5-2)9-14-13(3,12(17)18)8-11(15)16/h10,14H,4-9H2,1-3H3,(H,15,16)(H,17,18). The molecule has 0 heterocycles. The largest absolute Gasteiger partial charge is 0.481 e. The number of hydrogen-bond donors (Lipinski definition) is 3. The summed E-state index contributed by atoms with van der Waals surface area (Å²) in [5.74, 6) is -1.82. The van der Waals surface area contributed by atoms with Gasteiger partial charge >= 0.3 is 11.9 Å². The Bertz CT molecular complexity index is 280. The van der Waals surface area contributed by atoms with Crippen LogP contribution in [-0.2, 0) is 9.59 Å². The maximum absolute atomic E-state index is 11.1. The minimum absolute atomic E-state index is 0.400. The van der Waals surface area contributed by atoms with Crippen molar-refractivity contribution in [1.29, 1.82) is 0 Å². The summed E-state index contributed by atoms with van der Waals surface area (Å²) in [6, 6.07) is 0. The number of carboxylic acids is 2.